The summed E-state index contributed by atoms with van der Waals surface area (Å²) in [6.45, 7) is 5.62. The van der Waals surface area contributed by atoms with Crippen molar-refractivity contribution in [2.45, 2.75) is 45.1 Å². The topological polar surface area (TPSA) is 21.3 Å². The van der Waals surface area contributed by atoms with Crippen LogP contribution < -0.4 is 5.32 Å². The largest absolute Gasteiger partial charge is 0.378 e. The molecule has 0 radical (unpaired) electrons. The Hall–Kier alpha value is -0.340. The molecule has 2 aliphatic rings. The summed E-state index contributed by atoms with van der Waals surface area (Å²) in [6, 6.07) is 0. The molecule has 3 unspecified atom stereocenters. The quantitative estimate of drug-likeness (QED) is 0.743. The summed E-state index contributed by atoms with van der Waals surface area (Å²) in [5.41, 5.74) is 0. The van der Waals surface area contributed by atoms with Crippen LogP contribution in [0.25, 0.3) is 0 Å². The van der Waals surface area contributed by atoms with E-state index in [4.69, 9.17) is 4.74 Å². The van der Waals surface area contributed by atoms with Gasteiger partial charge in [0.1, 0.15) is 0 Å². The van der Waals surface area contributed by atoms with E-state index in [0.717, 1.165) is 25.0 Å². The third-order valence-electron chi connectivity index (χ3n) is 3.99. The Labute approximate surface area is 99.4 Å². The zero-order valence-electron chi connectivity index (χ0n) is 10.5. The van der Waals surface area contributed by atoms with Gasteiger partial charge in [-0.2, -0.15) is 0 Å². The Balaban J connectivity index is 1.71. The zero-order valence-corrected chi connectivity index (χ0v) is 10.5. The molecule has 92 valence electrons. The van der Waals surface area contributed by atoms with Crippen molar-refractivity contribution < 1.29 is 4.74 Å². The molecular weight excluding hydrogens is 198 g/mol. The summed E-state index contributed by atoms with van der Waals surface area (Å²) < 4.78 is 6.10. The van der Waals surface area contributed by atoms with Crippen LogP contribution >= 0.6 is 0 Å². The number of hydrogen-bond donors (Lipinski definition) is 1. The van der Waals surface area contributed by atoms with E-state index in [-0.39, 0.29) is 0 Å². The van der Waals surface area contributed by atoms with Gasteiger partial charge in [-0.25, -0.2) is 0 Å². The molecule has 2 rings (SSSR count). The van der Waals surface area contributed by atoms with Crippen LogP contribution in [0.15, 0.2) is 12.2 Å². The third-order valence-corrected chi connectivity index (χ3v) is 3.99. The molecule has 0 aromatic heterocycles. The molecule has 0 spiro atoms. The van der Waals surface area contributed by atoms with Crippen molar-refractivity contribution >= 4 is 0 Å². The Morgan fingerprint density at radius 2 is 2.06 bits per heavy atom. The monoisotopic (exact) mass is 223 g/mol. The van der Waals surface area contributed by atoms with Gasteiger partial charge in [-0.05, 0) is 57.0 Å². The highest BCUT2D eigenvalue weighted by atomic mass is 16.5. The molecule has 0 aromatic carbocycles. The van der Waals surface area contributed by atoms with E-state index in [0.29, 0.717) is 6.10 Å². The van der Waals surface area contributed by atoms with Crippen LogP contribution in [-0.2, 0) is 4.74 Å². The van der Waals surface area contributed by atoms with Crippen molar-refractivity contribution in [2.75, 3.05) is 19.7 Å². The predicted octanol–water partition coefficient (Wildman–Crippen LogP) is 2.75. The third kappa shape index (κ3) is 3.60. The molecule has 1 fully saturated rings. The van der Waals surface area contributed by atoms with Gasteiger partial charge in [0.15, 0.2) is 0 Å². The molecule has 1 N–H and O–H groups in total. The van der Waals surface area contributed by atoms with Gasteiger partial charge in [0.25, 0.3) is 0 Å². The minimum atomic E-state index is 0.508. The lowest BCUT2D eigenvalue weighted by Crippen LogP contribution is -2.24. The Morgan fingerprint density at radius 1 is 1.19 bits per heavy atom. The van der Waals surface area contributed by atoms with Gasteiger partial charge in [0, 0.05) is 0 Å². The number of nitrogens with one attached hydrogen (secondary N) is 1. The van der Waals surface area contributed by atoms with Crippen LogP contribution in [0.4, 0.5) is 0 Å². The molecule has 0 aromatic rings. The zero-order chi connectivity index (χ0) is 11.2. The smallest absolute Gasteiger partial charge is 0.0587 e. The standard InChI is InChI=1S/C14H25NO/c1-12-5-2-3-6-13(12)11-16-14-7-4-9-15-10-8-14/h2-3,12-15H,4-11H2,1H3. The molecule has 16 heavy (non-hydrogen) atoms. The van der Waals surface area contributed by atoms with E-state index >= 15 is 0 Å². The number of ether oxygens (including phenoxy) is 1. The van der Waals surface area contributed by atoms with E-state index in [1.807, 2.05) is 0 Å². The second-order valence-corrected chi connectivity index (χ2v) is 5.32. The van der Waals surface area contributed by atoms with Gasteiger partial charge in [0.2, 0.25) is 0 Å². The first-order valence-corrected chi connectivity index (χ1v) is 6.83. The summed E-state index contributed by atoms with van der Waals surface area (Å²) in [5, 5.41) is 3.43. The first-order valence-electron chi connectivity index (χ1n) is 6.83. The normalized spacial score (nSPS) is 35.9. The molecule has 1 heterocycles. The summed E-state index contributed by atoms with van der Waals surface area (Å²) in [6.07, 6.45) is 11.3. The molecular formula is C14H25NO. The van der Waals surface area contributed by atoms with Gasteiger partial charge in [-0.1, -0.05) is 19.1 Å². The maximum absolute atomic E-state index is 6.10. The molecule has 1 saturated heterocycles. The lowest BCUT2D eigenvalue weighted by molar-refractivity contribution is 0.0106. The minimum absolute atomic E-state index is 0.508. The average Bonchev–Trinajstić information content (AvgIpc) is 2.56. The van der Waals surface area contributed by atoms with E-state index in [9.17, 15) is 0 Å². The number of allylic oxidation sites excluding steroid dienone is 2. The Kier molecular flexibility index (Phi) is 4.86. The lowest BCUT2D eigenvalue weighted by Gasteiger charge is -2.27. The van der Waals surface area contributed by atoms with Gasteiger partial charge >= 0.3 is 0 Å². The molecule has 0 amide bonds. The van der Waals surface area contributed by atoms with Crippen LogP contribution in [0.2, 0.25) is 0 Å². The van der Waals surface area contributed by atoms with Crippen LogP contribution in [0, 0.1) is 11.8 Å². The molecule has 2 nitrogen and oxygen atoms in total. The van der Waals surface area contributed by atoms with Crippen molar-refractivity contribution in [3.05, 3.63) is 12.2 Å². The van der Waals surface area contributed by atoms with Gasteiger partial charge in [-0.15, -0.1) is 0 Å². The average molecular weight is 223 g/mol. The first-order chi connectivity index (χ1) is 7.86. The van der Waals surface area contributed by atoms with E-state index < -0.39 is 0 Å². The van der Waals surface area contributed by atoms with E-state index in [1.54, 1.807) is 0 Å². The highest BCUT2D eigenvalue weighted by Crippen LogP contribution is 2.26. The molecule has 0 bridgehead atoms. The van der Waals surface area contributed by atoms with Crippen molar-refractivity contribution in [1.29, 1.82) is 0 Å². The first kappa shape index (κ1) is 12.1. The number of rotatable bonds is 3. The van der Waals surface area contributed by atoms with Crippen molar-refractivity contribution in [3.63, 3.8) is 0 Å². The van der Waals surface area contributed by atoms with Crippen molar-refractivity contribution in [2.24, 2.45) is 11.8 Å². The molecule has 1 aliphatic carbocycles. The maximum atomic E-state index is 6.10. The SMILES string of the molecule is CC1CC=CCC1COC1CCCNCC1. The molecule has 0 saturated carbocycles. The van der Waals surface area contributed by atoms with Crippen LogP contribution in [0.3, 0.4) is 0 Å². The summed E-state index contributed by atoms with van der Waals surface area (Å²) >= 11 is 0. The summed E-state index contributed by atoms with van der Waals surface area (Å²) in [7, 11) is 0. The van der Waals surface area contributed by atoms with Crippen LogP contribution in [0.1, 0.15) is 39.0 Å². The fraction of sp³-hybridized carbons (Fsp3) is 0.857. The summed E-state index contributed by atoms with van der Waals surface area (Å²) in [5.74, 6) is 1.55. The second-order valence-electron chi connectivity index (χ2n) is 5.32. The van der Waals surface area contributed by atoms with Gasteiger partial charge in [0.05, 0.1) is 12.7 Å². The van der Waals surface area contributed by atoms with Crippen molar-refractivity contribution in [1.82, 2.24) is 5.32 Å². The predicted molar refractivity (Wildman–Crippen MR) is 67.5 cm³/mol. The van der Waals surface area contributed by atoms with Crippen molar-refractivity contribution in [3.8, 4) is 0 Å². The molecule has 1 aliphatic heterocycles. The molecule has 2 heteroatoms. The highest BCUT2D eigenvalue weighted by molar-refractivity contribution is 4.93. The van der Waals surface area contributed by atoms with E-state index in [2.05, 4.69) is 24.4 Å². The fourth-order valence-electron chi connectivity index (χ4n) is 2.65. The highest BCUT2D eigenvalue weighted by Gasteiger charge is 2.20. The maximum Gasteiger partial charge on any atom is 0.0587 e. The Bertz CT molecular complexity index is 219. The second kappa shape index (κ2) is 6.41. The lowest BCUT2D eigenvalue weighted by atomic mass is 9.85. The minimum Gasteiger partial charge on any atom is -0.378 e. The van der Waals surface area contributed by atoms with Crippen LogP contribution in [-0.4, -0.2) is 25.8 Å². The van der Waals surface area contributed by atoms with Gasteiger partial charge in [-0.3, -0.25) is 0 Å². The fourth-order valence-corrected chi connectivity index (χ4v) is 2.65. The number of hydrogen-bond acceptors (Lipinski definition) is 2. The summed E-state index contributed by atoms with van der Waals surface area (Å²) in [4.78, 5) is 0. The molecule has 3 atom stereocenters. The van der Waals surface area contributed by atoms with E-state index in [1.165, 1.54) is 38.6 Å². The Morgan fingerprint density at radius 3 is 2.94 bits per heavy atom. The van der Waals surface area contributed by atoms with Gasteiger partial charge < -0.3 is 10.1 Å². The van der Waals surface area contributed by atoms with Crippen LogP contribution in [0.5, 0.6) is 0 Å².